The van der Waals surface area contributed by atoms with E-state index < -0.39 is 10.0 Å². The second kappa shape index (κ2) is 7.09. The first-order valence-corrected chi connectivity index (χ1v) is 8.62. The van der Waals surface area contributed by atoms with Crippen LogP contribution in [0, 0.1) is 11.8 Å². The van der Waals surface area contributed by atoms with Gasteiger partial charge in [0.2, 0.25) is 10.0 Å². The zero-order valence-electron chi connectivity index (χ0n) is 12.1. The summed E-state index contributed by atoms with van der Waals surface area (Å²) >= 11 is 0. The van der Waals surface area contributed by atoms with Crippen molar-refractivity contribution in [3.8, 4) is 0 Å². The van der Waals surface area contributed by atoms with Gasteiger partial charge in [0.25, 0.3) is 0 Å². The normalized spacial score (nSPS) is 19.9. The van der Waals surface area contributed by atoms with Gasteiger partial charge < -0.3 is 11.1 Å². The molecule has 6 nitrogen and oxygen atoms in total. The van der Waals surface area contributed by atoms with E-state index in [0.717, 1.165) is 25.9 Å². The van der Waals surface area contributed by atoms with E-state index in [1.807, 2.05) is 0 Å². The predicted octanol–water partition coefficient (Wildman–Crippen LogP) is 0.218. The predicted molar refractivity (Wildman–Crippen MR) is 78.5 cm³/mol. The lowest BCUT2D eigenvalue weighted by atomic mass is 9.98. The average Bonchev–Trinajstić information content (AvgIpc) is 2.33. The van der Waals surface area contributed by atoms with Gasteiger partial charge in [0.05, 0.1) is 6.26 Å². The Morgan fingerprint density at radius 3 is 2.47 bits per heavy atom. The molecule has 1 aliphatic heterocycles. The molecule has 1 saturated heterocycles. The van der Waals surface area contributed by atoms with Crippen LogP contribution in [-0.4, -0.2) is 51.1 Å². The Morgan fingerprint density at radius 1 is 1.42 bits per heavy atom. The Morgan fingerprint density at radius 2 is 2.00 bits per heavy atom. The van der Waals surface area contributed by atoms with Gasteiger partial charge in [-0.2, -0.15) is 0 Å². The van der Waals surface area contributed by atoms with Gasteiger partial charge in [-0.25, -0.2) is 12.7 Å². The van der Waals surface area contributed by atoms with Crippen molar-refractivity contribution in [1.29, 1.82) is 0 Å². The SMILES string of the molecule is CC(C)CN=C(N)NCC1CCN(S(C)(=O)=O)CC1. The fourth-order valence-electron chi connectivity index (χ4n) is 2.03. The molecule has 0 aromatic heterocycles. The molecule has 0 radical (unpaired) electrons. The molecule has 0 aromatic rings. The van der Waals surface area contributed by atoms with E-state index in [-0.39, 0.29) is 0 Å². The molecule has 0 saturated carbocycles. The standard InChI is InChI=1S/C12H26N4O2S/c1-10(2)8-14-12(13)15-9-11-4-6-16(7-5-11)19(3,17)18/h10-11H,4-9H2,1-3H3,(H3,13,14,15). The van der Waals surface area contributed by atoms with Crippen molar-refractivity contribution in [3.05, 3.63) is 0 Å². The van der Waals surface area contributed by atoms with Crippen LogP contribution in [0.1, 0.15) is 26.7 Å². The molecular weight excluding hydrogens is 264 g/mol. The van der Waals surface area contributed by atoms with Crippen molar-refractivity contribution in [1.82, 2.24) is 9.62 Å². The average molecular weight is 290 g/mol. The minimum atomic E-state index is -3.03. The van der Waals surface area contributed by atoms with Crippen LogP contribution in [0.4, 0.5) is 0 Å². The molecule has 1 aliphatic rings. The zero-order chi connectivity index (χ0) is 14.5. The summed E-state index contributed by atoms with van der Waals surface area (Å²) in [4.78, 5) is 4.24. The second-order valence-electron chi connectivity index (χ2n) is 5.61. The maximum absolute atomic E-state index is 11.4. The largest absolute Gasteiger partial charge is 0.370 e. The third-order valence-corrected chi connectivity index (χ3v) is 4.54. The highest BCUT2D eigenvalue weighted by molar-refractivity contribution is 7.88. The summed E-state index contributed by atoms with van der Waals surface area (Å²) in [6, 6.07) is 0. The second-order valence-corrected chi connectivity index (χ2v) is 7.59. The van der Waals surface area contributed by atoms with E-state index in [0.29, 0.717) is 30.9 Å². The van der Waals surface area contributed by atoms with Gasteiger partial charge in [0.15, 0.2) is 5.96 Å². The highest BCUT2D eigenvalue weighted by atomic mass is 32.2. The number of piperidine rings is 1. The number of rotatable bonds is 5. The zero-order valence-corrected chi connectivity index (χ0v) is 12.9. The Hall–Kier alpha value is -0.820. The number of hydrogen-bond donors (Lipinski definition) is 2. The lowest BCUT2D eigenvalue weighted by Crippen LogP contribution is -2.42. The van der Waals surface area contributed by atoms with Gasteiger partial charge >= 0.3 is 0 Å². The number of nitrogens with zero attached hydrogens (tertiary/aromatic N) is 2. The van der Waals surface area contributed by atoms with Crippen molar-refractivity contribution in [2.45, 2.75) is 26.7 Å². The van der Waals surface area contributed by atoms with Crippen LogP contribution < -0.4 is 11.1 Å². The van der Waals surface area contributed by atoms with Gasteiger partial charge in [-0.3, -0.25) is 4.99 Å². The number of nitrogens with one attached hydrogen (secondary N) is 1. The lowest BCUT2D eigenvalue weighted by Gasteiger charge is -2.30. The summed E-state index contributed by atoms with van der Waals surface area (Å²) in [6.07, 6.45) is 3.01. The third-order valence-electron chi connectivity index (χ3n) is 3.24. The monoisotopic (exact) mass is 290 g/mol. The number of guanidine groups is 1. The molecule has 0 atom stereocenters. The molecule has 112 valence electrons. The Balaban J connectivity index is 2.28. The van der Waals surface area contributed by atoms with Crippen LogP contribution in [0.5, 0.6) is 0 Å². The number of nitrogens with two attached hydrogens (primary N) is 1. The van der Waals surface area contributed by atoms with E-state index in [1.165, 1.54) is 6.26 Å². The third kappa shape index (κ3) is 6.24. The van der Waals surface area contributed by atoms with E-state index in [9.17, 15) is 8.42 Å². The lowest BCUT2D eigenvalue weighted by molar-refractivity contribution is 0.275. The number of hydrogen-bond acceptors (Lipinski definition) is 3. The first-order chi connectivity index (χ1) is 8.79. The summed E-state index contributed by atoms with van der Waals surface area (Å²) in [5, 5.41) is 3.12. The smallest absolute Gasteiger partial charge is 0.211 e. The summed E-state index contributed by atoms with van der Waals surface area (Å²) in [5.41, 5.74) is 5.77. The van der Waals surface area contributed by atoms with Crippen molar-refractivity contribution in [2.24, 2.45) is 22.6 Å². The van der Waals surface area contributed by atoms with Gasteiger partial charge in [-0.15, -0.1) is 0 Å². The van der Waals surface area contributed by atoms with Crippen LogP contribution in [0.25, 0.3) is 0 Å². The Kier molecular flexibility index (Phi) is 6.06. The topological polar surface area (TPSA) is 87.8 Å². The highest BCUT2D eigenvalue weighted by Gasteiger charge is 2.24. The summed E-state index contributed by atoms with van der Waals surface area (Å²) in [6.45, 7) is 6.90. The molecule has 0 unspecified atom stereocenters. The molecule has 1 rings (SSSR count). The van der Waals surface area contributed by atoms with Crippen LogP contribution in [0.3, 0.4) is 0 Å². The molecule has 0 aromatic carbocycles. The molecule has 0 bridgehead atoms. The van der Waals surface area contributed by atoms with Gasteiger partial charge in [0.1, 0.15) is 0 Å². The van der Waals surface area contributed by atoms with E-state index in [2.05, 4.69) is 24.2 Å². The Labute approximate surface area is 116 Å². The van der Waals surface area contributed by atoms with Gasteiger partial charge in [-0.1, -0.05) is 13.8 Å². The first kappa shape index (κ1) is 16.2. The van der Waals surface area contributed by atoms with Gasteiger partial charge in [0, 0.05) is 26.2 Å². The van der Waals surface area contributed by atoms with E-state index in [1.54, 1.807) is 4.31 Å². The van der Waals surface area contributed by atoms with Crippen LogP contribution in [0.15, 0.2) is 4.99 Å². The maximum atomic E-state index is 11.4. The van der Waals surface area contributed by atoms with Crippen molar-refractivity contribution in [2.75, 3.05) is 32.4 Å². The fraction of sp³-hybridized carbons (Fsp3) is 0.917. The quantitative estimate of drug-likeness (QED) is 0.560. The summed E-state index contributed by atoms with van der Waals surface area (Å²) in [5.74, 6) is 1.45. The molecule has 1 fully saturated rings. The van der Waals surface area contributed by atoms with Crippen molar-refractivity contribution >= 4 is 16.0 Å². The molecular formula is C12H26N4O2S. The fourth-order valence-corrected chi connectivity index (χ4v) is 2.90. The highest BCUT2D eigenvalue weighted by Crippen LogP contribution is 2.18. The van der Waals surface area contributed by atoms with Crippen LogP contribution in [-0.2, 0) is 10.0 Å². The molecule has 0 aliphatic carbocycles. The summed E-state index contributed by atoms with van der Waals surface area (Å²) in [7, 11) is -3.03. The van der Waals surface area contributed by atoms with Crippen LogP contribution >= 0.6 is 0 Å². The molecule has 3 N–H and O–H groups in total. The summed E-state index contributed by atoms with van der Waals surface area (Å²) < 4.78 is 24.3. The minimum absolute atomic E-state index is 0.464. The van der Waals surface area contributed by atoms with Crippen molar-refractivity contribution < 1.29 is 8.42 Å². The first-order valence-electron chi connectivity index (χ1n) is 6.78. The number of aliphatic imine (C=N–C) groups is 1. The molecule has 0 amide bonds. The number of sulfonamides is 1. The van der Waals surface area contributed by atoms with Gasteiger partial charge in [-0.05, 0) is 24.7 Å². The van der Waals surface area contributed by atoms with E-state index >= 15 is 0 Å². The van der Waals surface area contributed by atoms with E-state index in [4.69, 9.17) is 5.73 Å². The maximum Gasteiger partial charge on any atom is 0.211 e. The van der Waals surface area contributed by atoms with Crippen LogP contribution in [0.2, 0.25) is 0 Å². The molecule has 7 heteroatoms. The Bertz CT molecular complexity index is 398. The molecule has 1 heterocycles. The van der Waals surface area contributed by atoms with Crippen molar-refractivity contribution in [3.63, 3.8) is 0 Å². The minimum Gasteiger partial charge on any atom is -0.370 e. The molecule has 0 spiro atoms. The molecule has 19 heavy (non-hydrogen) atoms.